The van der Waals surface area contributed by atoms with Gasteiger partial charge in [0.1, 0.15) is 0 Å². The van der Waals surface area contributed by atoms with Gasteiger partial charge in [0.25, 0.3) is 11.8 Å². The van der Waals surface area contributed by atoms with Crippen molar-refractivity contribution >= 4 is 11.8 Å². The van der Waals surface area contributed by atoms with Gasteiger partial charge in [0.05, 0.1) is 11.1 Å². The molecule has 0 bridgehead atoms. The fourth-order valence-electron chi connectivity index (χ4n) is 1.39. The summed E-state index contributed by atoms with van der Waals surface area (Å²) in [5.41, 5.74) is -1.65. The Hall–Kier alpha value is -1.16. The van der Waals surface area contributed by atoms with Gasteiger partial charge in [-0.3, -0.25) is 14.5 Å². The molecular weight excluding hydrogens is 194 g/mol. The van der Waals surface area contributed by atoms with Gasteiger partial charge in [-0.05, 0) is 34.6 Å². The summed E-state index contributed by atoms with van der Waals surface area (Å²) in [6.45, 7) is 8.12. The van der Waals surface area contributed by atoms with Crippen molar-refractivity contribution in [3.05, 3.63) is 11.6 Å². The standard InChI is InChI=1S/C11H17NO3/c1-7-6-8(13)12(9(7)14)10(2,3)11(4,5)15/h6,15H,1-5H3. The van der Waals surface area contributed by atoms with Crippen LogP contribution in [-0.4, -0.2) is 33.0 Å². The molecule has 0 saturated carbocycles. The lowest BCUT2D eigenvalue weighted by molar-refractivity contribution is -0.154. The van der Waals surface area contributed by atoms with Crippen molar-refractivity contribution in [2.24, 2.45) is 0 Å². The van der Waals surface area contributed by atoms with E-state index >= 15 is 0 Å². The van der Waals surface area contributed by atoms with E-state index in [9.17, 15) is 14.7 Å². The Morgan fingerprint density at radius 3 is 1.93 bits per heavy atom. The molecule has 1 aliphatic rings. The van der Waals surface area contributed by atoms with Gasteiger partial charge in [-0.1, -0.05) is 0 Å². The molecule has 1 heterocycles. The van der Waals surface area contributed by atoms with E-state index in [-0.39, 0.29) is 11.8 Å². The monoisotopic (exact) mass is 211 g/mol. The van der Waals surface area contributed by atoms with Gasteiger partial charge >= 0.3 is 0 Å². The zero-order valence-electron chi connectivity index (χ0n) is 9.79. The number of nitrogens with zero attached hydrogens (tertiary/aromatic N) is 1. The van der Waals surface area contributed by atoms with Crippen LogP contribution in [0.2, 0.25) is 0 Å². The van der Waals surface area contributed by atoms with Gasteiger partial charge in [0.15, 0.2) is 0 Å². The lowest BCUT2D eigenvalue weighted by Crippen LogP contribution is -2.60. The maximum atomic E-state index is 11.7. The van der Waals surface area contributed by atoms with Crippen molar-refractivity contribution < 1.29 is 14.7 Å². The maximum Gasteiger partial charge on any atom is 0.257 e. The van der Waals surface area contributed by atoms with Crippen molar-refractivity contribution in [1.29, 1.82) is 0 Å². The molecule has 0 aromatic carbocycles. The highest BCUT2D eigenvalue weighted by atomic mass is 16.3. The number of amides is 2. The van der Waals surface area contributed by atoms with E-state index in [4.69, 9.17) is 0 Å². The molecule has 0 saturated heterocycles. The van der Waals surface area contributed by atoms with Crippen molar-refractivity contribution in [3.63, 3.8) is 0 Å². The van der Waals surface area contributed by atoms with Crippen LogP contribution in [0.5, 0.6) is 0 Å². The molecule has 0 spiro atoms. The maximum absolute atomic E-state index is 11.7. The Morgan fingerprint density at radius 1 is 1.20 bits per heavy atom. The summed E-state index contributed by atoms with van der Waals surface area (Å²) in [6.07, 6.45) is 1.30. The largest absolute Gasteiger partial charge is 0.388 e. The molecule has 1 aliphatic heterocycles. The predicted octanol–water partition coefficient (Wildman–Crippen LogP) is 0.851. The number of imide groups is 1. The topological polar surface area (TPSA) is 57.6 Å². The number of hydrogen-bond donors (Lipinski definition) is 1. The summed E-state index contributed by atoms with van der Waals surface area (Å²) < 4.78 is 0. The summed E-state index contributed by atoms with van der Waals surface area (Å²) in [6, 6.07) is 0. The van der Waals surface area contributed by atoms with E-state index in [1.54, 1.807) is 34.6 Å². The third kappa shape index (κ3) is 1.69. The number of rotatable bonds is 2. The van der Waals surface area contributed by atoms with Gasteiger partial charge in [0.2, 0.25) is 0 Å². The minimum atomic E-state index is -1.14. The first-order valence-electron chi connectivity index (χ1n) is 4.88. The Morgan fingerprint density at radius 2 is 1.67 bits per heavy atom. The summed E-state index contributed by atoms with van der Waals surface area (Å²) in [4.78, 5) is 24.5. The van der Waals surface area contributed by atoms with Crippen molar-refractivity contribution in [3.8, 4) is 0 Å². The first kappa shape index (κ1) is 11.9. The highest BCUT2D eigenvalue weighted by molar-refractivity contribution is 6.16. The molecule has 0 atom stereocenters. The van der Waals surface area contributed by atoms with Crippen LogP contribution in [0.25, 0.3) is 0 Å². The smallest absolute Gasteiger partial charge is 0.257 e. The van der Waals surface area contributed by atoms with Gasteiger partial charge in [-0.2, -0.15) is 0 Å². The first-order valence-corrected chi connectivity index (χ1v) is 4.88. The van der Waals surface area contributed by atoms with Crippen LogP contribution in [0.15, 0.2) is 11.6 Å². The first-order chi connectivity index (χ1) is 6.59. The Bertz CT molecular complexity index is 347. The number of aliphatic hydroxyl groups is 1. The van der Waals surface area contributed by atoms with E-state index in [0.717, 1.165) is 4.90 Å². The van der Waals surface area contributed by atoms with Gasteiger partial charge in [-0.25, -0.2) is 0 Å². The Labute approximate surface area is 89.6 Å². The highest BCUT2D eigenvalue weighted by Crippen LogP contribution is 2.31. The van der Waals surface area contributed by atoms with Crippen molar-refractivity contribution in [2.75, 3.05) is 0 Å². The SMILES string of the molecule is CC1=CC(=O)N(C(C)(C)C(C)(C)O)C1=O. The fourth-order valence-corrected chi connectivity index (χ4v) is 1.39. The van der Waals surface area contributed by atoms with E-state index in [1.165, 1.54) is 6.08 Å². The fraction of sp³-hybridized carbons (Fsp3) is 0.636. The van der Waals surface area contributed by atoms with Crippen LogP contribution in [-0.2, 0) is 9.59 Å². The molecule has 0 aromatic heterocycles. The molecule has 84 valence electrons. The molecule has 0 fully saturated rings. The molecule has 0 radical (unpaired) electrons. The van der Waals surface area contributed by atoms with Gasteiger partial charge in [-0.15, -0.1) is 0 Å². The molecule has 0 unspecified atom stereocenters. The Kier molecular flexibility index (Phi) is 2.52. The molecule has 15 heavy (non-hydrogen) atoms. The van der Waals surface area contributed by atoms with E-state index in [2.05, 4.69) is 0 Å². The van der Waals surface area contributed by atoms with Crippen LogP contribution in [0.1, 0.15) is 34.6 Å². The van der Waals surface area contributed by atoms with Crippen LogP contribution < -0.4 is 0 Å². The molecule has 0 aromatic rings. The molecular formula is C11H17NO3. The quantitative estimate of drug-likeness (QED) is 0.689. The average molecular weight is 211 g/mol. The zero-order valence-corrected chi connectivity index (χ0v) is 9.79. The minimum absolute atomic E-state index is 0.327. The van der Waals surface area contributed by atoms with Crippen LogP contribution in [0.4, 0.5) is 0 Å². The third-order valence-electron chi connectivity index (χ3n) is 3.16. The number of hydrogen-bond acceptors (Lipinski definition) is 3. The molecule has 4 heteroatoms. The molecule has 4 nitrogen and oxygen atoms in total. The van der Waals surface area contributed by atoms with Crippen LogP contribution >= 0.6 is 0 Å². The Balaban J connectivity index is 3.12. The van der Waals surface area contributed by atoms with Crippen LogP contribution in [0.3, 0.4) is 0 Å². The summed E-state index contributed by atoms with van der Waals surface area (Å²) >= 11 is 0. The van der Waals surface area contributed by atoms with Crippen molar-refractivity contribution in [1.82, 2.24) is 4.90 Å². The van der Waals surface area contributed by atoms with Gasteiger partial charge in [0, 0.05) is 11.6 Å². The van der Waals surface area contributed by atoms with Gasteiger partial charge < -0.3 is 5.11 Å². The molecule has 2 amide bonds. The molecule has 1 rings (SSSR count). The normalized spacial score (nSPS) is 18.5. The second kappa shape index (κ2) is 3.17. The lowest BCUT2D eigenvalue weighted by Gasteiger charge is -2.43. The second-order valence-corrected chi connectivity index (χ2v) is 4.92. The predicted molar refractivity (Wildman–Crippen MR) is 56.0 cm³/mol. The van der Waals surface area contributed by atoms with Crippen molar-refractivity contribution in [2.45, 2.75) is 45.8 Å². The summed E-state index contributed by atoms with van der Waals surface area (Å²) in [5.74, 6) is -0.684. The van der Waals surface area contributed by atoms with E-state index in [0.29, 0.717) is 5.57 Å². The van der Waals surface area contributed by atoms with E-state index in [1.807, 2.05) is 0 Å². The van der Waals surface area contributed by atoms with E-state index < -0.39 is 11.1 Å². The number of carbonyl (C=O) groups excluding carboxylic acids is 2. The second-order valence-electron chi connectivity index (χ2n) is 4.92. The molecule has 1 N–H and O–H groups in total. The van der Waals surface area contributed by atoms with Crippen LogP contribution in [0, 0.1) is 0 Å². The average Bonchev–Trinajstić information content (AvgIpc) is 2.24. The lowest BCUT2D eigenvalue weighted by atomic mass is 9.84. The minimum Gasteiger partial charge on any atom is -0.388 e. The third-order valence-corrected chi connectivity index (χ3v) is 3.16. The summed E-state index contributed by atoms with van der Waals surface area (Å²) in [5, 5.41) is 9.96. The number of carbonyl (C=O) groups is 2. The summed E-state index contributed by atoms with van der Waals surface area (Å²) in [7, 11) is 0. The zero-order chi connectivity index (χ0) is 12.0. The molecule has 0 aliphatic carbocycles. The highest BCUT2D eigenvalue weighted by Gasteiger charge is 2.47.